The largest absolute Gasteiger partial charge is 0.496 e. The highest BCUT2D eigenvalue weighted by molar-refractivity contribution is 5.46. The molecular formula is C11H16FNO2. The molecule has 0 aromatic heterocycles. The molecule has 0 bridgehead atoms. The molecule has 0 unspecified atom stereocenters. The summed E-state index contributed by atoms with van der Waals surface area (Å²) in [4.78, 5) is 4.54. The Hall–Kier alpha value is -1.13. The lowest BCUT2D eigenvalue weighted by molar-refractivity contribution is 0.123. The lowest BCUT2D eigenvalue weighted by Crippen LogP contribution is -2.06. The first kappa shape index (κ1) is 11.9. The quantitative estimate of drug-likeness (QED) is 0.779. The third kappa shape index (κ3) is 2.27. The monoisotopic (exact) mass is 213 g/mol. The van der Waals surface area contributed by atoms with Crippen molar-refractivity contribution in [2.45, 2.75) is 26.9 Å². The lowest BCUT2D eigenvalue weighted by atomic mass is 10.0. The van der Waals surface area contributed by atoms with Gasteiger partial charge in [-0.25, -0.2) is 10.3 Å². The van der Waals surface area contributed by atoms with Crippen LogP contribution in [-0.2, 0) is 17.9 Å². The molecule has 0 fully saturated rings. The standard InChI is InChI=1S/C11H16FNO2/c1-4-9-8(6-15-13)5-10(12)7(2)11(9)14-3/h5H,4,6,13H2,1-3H3. The van der Waals surface area contributed by atoms with Crippen molar-refractivity contribution in [3.05, 3.63) is 28.6 Å². The molecule has 0 saturated carbocycles. The Morgan fingerprint density at radius 2 is 2.13 bits per heavy atom. The van der Waals surface area contributed by atoms with Gasteiger partial charge >= 0.3 is 0 Å². The zero-order valence-electron chi connectivity index (χ0n) is 9.26. The summed E-state index contributed by atoms with van der Waals surface area (Å²) in [5.41, 5.74) is 2.21. The summed E-state index contributed by atoms with van der Waals surface area (Å²) >= 11 is 0. The van der Waals surface area contributed by atoms with E-state index in [1.54, 1.807) is 6.92 Å². The molecule has 0 radical (unpaired) electrons. The number of ether oxygens (including phenoxy) is 1. The van der Waals surface area contributed by atoms with Crippen LogP contribution >= 0.6 is 0 Å². The second kappa shape index (κ2) is 5.09. The third-order valence-electron chi connectivity index (χ3n) is 2.46. The zero-order chi connectivity index (χ0) is 11.4. The topological polar surface area (TPSA) is 44.5 Å². The Bertz CT molecular complexity index is 353. The summed E-state index contributed by atoms with van der Waals surface area (Å²) in [7, 11) is 1.54. The molecule has 0 amide bonds. The van der Waals surface area contributed by atoms with Crippen LogP contribution in [0.4, 0.5) is 4.39 Å². The van der Waals surface area contributed by atoms with Gasteiger partial charge in [-0.15, -0.1) is 0 Å². The van der Waals surface area contributed by atoms with Crippen molar-refractivity contribution in [3.63, 3.8) is 0 Å². The van der Waals surface area contributed by atoms with Crippen LogP contribution < -0.4 is 10.6 Å². The van der Waals surface area contributed by atoms with Crippen LogP contribution in [0.15, 0.2) is 6.07 Å². The molecule has 1 rings (SSSR count). The first-order valence-corrected chi connectivity index (χ1v) is 4.82. The predicted octanol–water partition coefficient (Wildman–Crippen LogP) is 2.10. The van der Waals surface area contributed by atoms with Gasteiger partial charge in [0.1, 0.15) is 11.6 Å². The van der Waals surface area contributed by atoms with Crippen molar-refractivity contribution in [1.29, 1.82) is 0 Å². The summed E-state index contributed by atoms with van der Waals surface area (Å²) in [5, 5.41) is 0. The van der Waals surface area contributed by atoms with E-state index < -0.39 is 0 Å². The summed E-state index contributed by atoms with van der Waals surface area (Å²) in [5.74, 6) is 5.29. The van der Waals surface area contributed by atoms with Crippen molar-refractivity contribution >= 4 is 0 Å². The zero-order valence-corrected chi connectivity index (χ0v) is 9.26. The van der Waals surface area contributed by atoms with E-state index in [-0.39, 0.29) is 12.4 Å². The number of methoxy groups -OCH3 is 1. The normalized spacial score (nSPS) is 10.5. The lowest BCUT2D eigenvalue weighted by Gasteiger charge is -2.15. The number of hydrogen-bond acceptors (Lipinski definition) is 3. The molecule has 0 aliphatic rings. The van der Waals surface area contributed by atoms with Gasteiger partial charge in [-0.2, -0.15) is 0 Å². The molecule has 1 aromatic rings. The summed E-state index contributed by atoms with van der Waals surface area (Å²) < 4.78 is 18.7. The number of nitrogens with two attached hydrogens (primary N) is 1. The van der Waals surface area contributed by atoms with Gasteiger partial charge in [0, 0.05) is 5.56 Å². The van der Waals surface area contributed by atoms with Crippen LogP contribution in [0, 0.1) is 12.7 Å². The fourth-order valence-electron chi connectivity index (χ4n) is 1.71. The molecule has 0 saturated heterocycles. The van der Waals surface area contributed by atoms with E-state index in [1.807, 2.05) is 6.92 Å². The first-order chi connectivity index (χ1) is 7.15. The van der Waals surface area contributed by atoms with Crippen LogP contribution in [0.1, 0.15) is 23.6 Å². The first-order valence-electron chi connectivity index (χ1n) is 4.82. The van der Waals surface area contributed by atoms with Gasteiger partial charge in [-0.3, -0.25) is 4.84 Å². The minimum atomic E-state index is -0.295. The molecule has 15 heavy (non-hydrogen) atoms. The highest BCUT2D eigenvalue weighted by atomic mass is 19.1. The summed E-state index contributed by atoms with van der Waals surface area (Å²) in [6, 6.07) is 1.45. The smallest absolute Gasteiger partial charge is 0.130 e. The van der Waals surface area contributed by atoms with E-state index in [2.05, 4.69) is 4.84 Å². The Morgan fingerprint density at radius 1 is 1.47 bits per heavy atom. The Morgan fingerprint density at radius 3 is 2.60 bits per heavy atom. The fraction of sp³-hybridized carbons (Fsp3) is 0.455. The van der Waals surface area contributed by atoms with E-state index >= 15 is 0 Å². The molecule has 4 heteroatoms. The molecule has 0 atom stereocenters. The molecule has 0 heterocycles. The maximum Gasteiger partial charge on any atom is 0.130 e. The highest BCUT2D eigenvalue weighted by Gasteiger charge is 2.14. The van der Waals surface area contributed by atoms with Crippen molar-refractivity contribution in [2.75, 3.05) is 7.11 Å². The molecule has 2 N–H and O–H groups in total. The van der Waals surface area contributed by atoms with E-state index in [0.29, 0.717) is 11.3 Å². The average Bonchev–Trinajstić information content (AvgIpc) is 2.23. The van der Waals surface area contributed by atoms with Crippen molar-refractivity contribution in [2.24, 2.45) is 5.90 Å². The van der Waals surface area contributed by atoms with Gasteiger partial charge in [0.25, 0.3) is 0 Å². The number of halogens is 1. The van der Waals surface area contributed by atoms with Gasteiger partial charge < -0.3 is 4.74 Å². The molecular weight excluding hydrogens is 197 g/mol. The Labute approximate surface area is 88.9 Å². The van der Waals surface area contributed by atoms with Crippen molar-refractivity contribution < 1.29 is 14.0 Å². The maximum absolute atomic E-state index is 13.5. The highest BCUT2D eigenvalue weighted by Crippen LogP contribution is 2.29. The fourth-order valence-corrected chi connectivity index (χ4v) is 1.71. The number of benzene rings is 1. The summed E-state index contributed by atoms with van der Waals surface area (Å²) in [6.07, 6.45) is 0.753. The van der Waals surface area contributed by atoms with Gasteiger partial charge in [0.15, 0.2) is 0 Å². The predicted molar refractivity (Wildman–Crippen MR) is 56.0 cm³/mol. The molecule has 0 spiro atoms. The van der Waals surface area contributed by atoms with E-state index in [0.717, 1.165) is 17.5 Å². The van der Waals surface area contributed by atoms with E-state index in [4.69, 9.17) is 10.6 Å². The average molecular weight is 213 g/mol. The van der Waals surface area contributed by atoms with Crippen molar-refractivity contribution in [3.8, 4) is 5.75 Å². The van der Waals surface area contributed by atoms with Crippen LogP contribution in [-0.4, -0.2) is 7.11 Å². The van der Waals surface area contributed by atoms with Crippen LogP contribution in [0.3, 0.4) is 0 Å². The van der Waals surface area contributed by atoms with Gasteiger partial charge in [-0.05, 0) is 30.5 Å². The van der Waals surface area contributed by atoms with E-state index in [9.17, 15) is 4.39 Å². The van der Waals surface area contributed by atoms with Crippen molar-refractivity contribution in [1.82, 2.24) is 0 Å². The number of rotatable bonds is 4. The van der Waals surface area contributed by atoms with E-state index in [1.165, 1.54) is 13.2 Å². The molecule has 0 aliphatic heterocycles. The Balaban J connectivity index is 3.33. The Kier molecular flexibility index (Phi) is 4.05. The van der Waals surface area contributed by atoms with Gasteiger partial charge in [-0.1, -0.05) is 6.92 Å². The number of hydrogen-bond donors (Lipinski definition) is 1. The van der Waals surface area contributed by atoms with Crippen LogP contribution in [0.25, 0.3) is 0 Å². The molecule has 84 valence electrons. The van der Waals surface area contributed by atoms with Crippen LogP contribution in [0.5, 0.6) is 5.75 Å². The molecule has 3 nitrogen and oxygen atoms in total. The van der Waals surface area contributed by atoms with Gasteiger partial charge in [0.2, 0.25) is 0 Å². The molecule has 0 aliphatic carbocycles. The second-order valence-electron chi connectivity index (χ2n) is 3.32. The molecule has 1 aromatic carbocycles. The third-order valence-corrected chi connectivity index (χ3v) is 2.46. The minimum Gasteiger partial charge on any atom is -0.496 e. The minimum absolute atomic E-state index is 0.191. The second-order valence-corrected chi connectivity index (χ2v) is 3.32. The maximum atomic E-state index is 13.5. The summed E-state index contributed by atoms with van der Waals surface area (Å²) in [6.45, 7) is 3.87. The SMILES string of the molecule is CCc1c(CON)cc(F)c(C)c1OC. The van der Waals surface area contributed by atoms with Crippen LogP contribution in [0.2, 0.25) is 0 Å². The van der Waals surface area contributed by atoms with Gasteiger partial charge in [0.05, 0.1) is 13.7 Å².